The zero-order valence-electron chi connectivity index (χ0n) is 16.9. The van der Waals surface area contributed by atoms with Crippen LogP contribution in [0, 0.1) is 0 Å². The molecule has 0 aliphatic rings. The average Bonchev–Trinajstić information content (AvgIpc) is 2.74. The Morgan fingerprint density at radius 3 is 2.47 bits per heavy atom. The third kappa shape index (κ3) is 5.42. The van der Waals surface area contributed by atoms with Crippen LogP contribution in [0.15, 0.2) is 27.8 Å². The van der Waals surface area contributed by atoms with Crippen molar-refractivity contribution in [3.8, 4) is 0 Å². The number of nitrogens with one attached hydrogen (secondary N) is 3. The third-order valence-electron chi connectivity index (χ3n) is 4.45. The highest BCUT2D eigenvalue weighted by molar-refractivity contribution is 6.61. The summed E-state index contributed by atoms with van der Waals surface area (Å²) in [5, 5.41) is 7.76. The summed E-state index contributed by atoms with van der Waals surface area (Å²) in [4.78, 5) is 51.9. The number of ether oxygens (including phenoxy) is 1. The Bertz CT molecular complexity index is 1080. The molecular formula is C19H24N6O5. The second kappa shape index (κ2) is 10.7. The van der Waals surface area contributed by atoms with Crippen molar-refractivity contribution >= 4 is 34.0 Å². The van der Waals surface area contributed by atoms with Crippen molar-refractivity contribution in [2.45, 2.75) is 26.7 Å². The van der Waals surface area contributed by atoms with E-state index in [0.29, 0.717) is 36.7 Å². The van der Waals surface area contributed by atoms with E-state index >= 15 is 0 Å². The van der Waals surface area contributed by atoms with Crippen LogP contribution in [-0.2, 0) is 14.3 Å². The summed E-state index contributed by atoms with van der Waals surface area (Å²) in [7, 11) is 0. The second-order valence-corrected chi connectivity index (χ2v) is 6.35. The van der Waals surface area contributed by atoms with Crippen molar-refractivity contribution < 1.29 is 19.1 Å². The van der Waals surface area contributed by atoms with E-state index in [4.69, 9.17) is 5.53 Å². The van der Waals surface area contributed by atoms with E-state index in [9.17, 15) is 19.2 Å². The van der Waals surface area contributed by atoms with Crippen molar-refractivity contribution in [2.75, 3.05) is 31.1 Å². The number of hydrogen-bond acceptors (Lipinski definition) is 6. The molecule has 11 nitrogen and oxygen atoms in total. The van der Waals surface area contributed by atoms with E-state index in [2.05, 4.69) is 25.0 Å². The largest absolute Gasteiger partial charge is 0.462 e. The molecule has 1 aromatic heterocycles. The Kier molecular flexibility index (Phi) is 8.07. The number of carbonyl (C=O) groups is 2. The fraction of sp³-hybridized carbons (Fsp3) is 0.421. The number of fused-ring (bicyclic) bond motifs is 1. The van der Waals surface area contributed by atoms with Crippen LogP contribution in [-0.4, -0.2) is 58.8 Å². The maximum atomic E-state index is 12.0. The van der Waals surface area contributed by atoms with Gasteiger partial charge in [-0.05, 0) is 44.9 Å². The Balaban J connectivity index is 1.92. The van der Waals surface area contributed by atoms with Gasteiger partial charge < -0.3 is 20.5 Å². The smallest absolute Gasteiger partial charge is 0.457 e. The number of amides is 1. The molecule has 0 fully saturated rings. The van der Waals surface area contributed by atoms with E-state index in [1.165, 1.54) is 0 Å². The first kappa shape index (κ1) is 22.6. The highest BCUT2D eigenvalue weighted by Gasteiger charge is 2.30. The second-order valence-electron chi connectivity index (χ2n) is 6.35. The molecule has 1 aromatic carbocycles. The molecule has 2 aromatic rings. The first-order valence-corrected chi connectivity index (χ1v) is 9.59. The molecule has 0 saturated heterocycles. The maximum absolute atomic E-state index is 12.0. The first-order chi connectivity index (χ1) is 14.4. The van der Waals surface area contributed by atoms with E-state index in [1.54, 1.807) is 25.1 Å². The van der Waals surface area contributed by atoms with Gasteiger partial charge in [0.15, 0.2) is 0 Å². The molecule has 3 N–H and O–H groups in total. The molecule has 11 heteroatoms. The van der Waals surface area contributed by atoms with Crippen LogP contribution in [0.2, 0.25) is 0 Å². The number of H-pyrrole nitrogens is 2. The molecule has 0 aliphatic carbocycles. The lowest BCUT2D eigenvalue weighted by Crippen LogP contribution is -2.38. The molecule has 1 amide bonds. The minimum Gasteiger partial charge on any atom is -0.457 e. The summed E-state index contributed by atoms with van der Waals surface area (Å²) in [6, 6.07) is 5.08. The van der Waals surface area contributed by atoms with Crippen LogP contribution in [0.3, 0.4) is 0 Å². The molecule has 0 unspecified atom stereocenters. The van der Waals surface area contributed by atoms with Crippen molar-refractivity contribution in [2.24, 2.45) is 0 Å². The van der Waals surface area contributed by atoms with E-state index in [1.807, 2.05) is 11.8 Å². The summed E-state index contributed by atoms with van der Waals surface area (Å²) >= 11 is 0. The van der Waals surface area contributed by atoms with Gasteiger partial charge in [-0.15, -0.1) is 0 Å². The molecule has 0 aliphatic heterocycles. The van der Waals surface area contributed by atoms with Gasteiger partial charge >= 0.3 is 17.6 Å². The van der Waals surface area contributed by atoms with Crippen LogP contribution in [0.5, 0.6) is 0 Å². The van der Waals surface area contributed by atoms with Gasteiger partial charge in [0.2, 0.25) is 0 Å². The van der Waals surface area contributed by atoms with E-state index in [-0.39, 0.29) is 24.3 Å². The lowest BCUT2D eigenvalue weighted by Gasteiger charge is -2.23. The van der Waals surface area contributed by atoms with E-state index in [0.717, 1.165) is 5.69 Å². The van der Waals surface area contributed by atoms with Gasteiger partial charge in [0.25, 0.3) is 11.1 Å². The summed E-state index contributed by atoms with van der Waals surface area (Å²) in [5.74, 6) is -1.79. The summed E-state index contributed by atoms with van der Waals surface area (Å²) in [6.45, 7) is 5.22. The monoisotopic (exact) mass is 416 g/mol. The van der Waals surface area contributed by atoms with Crippen LogP contribution in [0.1, 0.15) is 26.7 Å². The molecule has 160 valence electrons. The molecule has 2 rings (SSSR count). The van der Waals surface area contributed by atoms with Gasteiger partial charge in [-0.25, -0.2) is 4.79 Å². The minimum atomic E-state index is -0.986. The summed E-state index contributed by atoms with van der Waals surface area (Å²) in [6.07, 6.45) is 1.32. The number of benzene rings is 1. The van der Waals surface area contributed by atoms with Gasteiger partial charge in [-0.3, -0.25) is 24.6 Å². The van der Waals surface area contributed by atoms with Crippen molar-refractivity contribution in [1.29, 1.82) is 0 Å². The fourth-order valence-electron chi connectivity index (χ4n) is 2.92. The highest BCUT2D eigenvalue weighted by Crippen LogP contribution is 2.18. The number of anilines is 1. The normalized spacial score (nSPS) is 10.3. The topological polar surface area (TPSA) is 161 Å². The molecule has 0 atom stereocenters. The van der Waals surface area contributed by atoms with Crippen LogP contribution in [0.4, 0.5) is 5.69 Å². The SMILES string of the molecule is CCOC(=O)C(=[N+]=[N-])C(=O)NCCCCN(CC)c1ccc2c(=O)[nH][nH]c(=O)c2c1. The van der Waals surface area contributed by atoms with Gasteiger partial charge in [0, 0.05) is 25.3 Å². The minimum absolute atomic E-state index is 0.0625. The van der Waals surface area contributed by atoms with Gasteiger partial charge in [0.05, 0.1) is 17.4 Å². The van der Waals surface area contributed by atoms with Crippen molar-refractivity contribution in [1.82, 2.24) is 15.5 Å². The van der Waals surface area contributed by atoms with Gasteiger partial charge in [-0.2, -0.15) is 4.79 Å². The standard InChI is InChI=1S/C19H24N6O5/c1-3-25(12-7-8-13-14(11-12)17(27)24-23-16(13)26)10-6-5-9-21-18(28)15(22-20)19(29)30-4-2/h7-8,11H,3-6,9-10H2,1-2H3,(H,21,28)(H,23,26)(H,24,27). The third-order valence-corrected chi connectivity index (χ3v) is 4.45. The number of nitrogens with zero attached hydrogens (tertiary/aromatic N) is 3. The summed E-state index contributed by atoms with van der Waals surface area (Å²) < 4.78 is 4.64. The lowest BCUT2D eigenvalue weighted by atomic mass is 10.1. The highest BCUT2D eigenvalue weighted by atomic mass is 16.5. The number of aromatic nitrogens is 2. The predicted octanol–water partition coefficient (Wildman–Crippen LogP) is 0.173. The van der Waals surface area contributed by atoms with Crippen molar-refractivity contribution in [3.63, 3.8) is 0 Å². The predicted molar refractivity (Wildman–Crippen MR) is 111 cm³/mol. The fourth-order valence-corrected chi connectivity index (χ4v) is 2.92. The van der Waals surface area contributed by atoms with E-state index < -0.39 is 17.6 Å². The number of aromatic amines is 2. The molecule has 0 radical (unpaired) electrons. The Morgan fingerprint density at radius 2 is 1.83 bits per heavy atom. The molecule has 1 heterocycles. The average molecular weight is 416 g/mol. The zero-order chi connectivity index (χ0) is 22.1. The molecule has 0 bridgehead atoms. The number of esters is 1. The Labute approximate surface area is 171 Å². The Morgan fingerprint density at radius 1 is 1.13 bits per heavy atom. The number of hydrogen-bond donors (Lipinski definition) is 3. The van der Waals surface area contributed by atoms with Gasteiger partial charge in [-0.1, -0.05) is 0 Å². The first-order valence-electron chi connectivity index (χ1n) is 9.59. The zero-order valence-corrected chi connectivity index (χ0v) is 16.9. The molecule has 30 heavy (non-hydrogen) atoms. The number of rotatable bonds is 10. The quantitative estimate of drug-likeness (QED) is 0.125. The molecule has 0 spiro atoms. The number of carbonyl (C=O) groups excluding carboxylic acids is 2. The molecular weight excluding hydrogens is 392 g/mol. The van der Waals surface area contributed by atoms with Crippen molar-refractivity contribution in [3.05, 3.63) is 44.4 Å². The lowest BCUT2D eigenvalue weighted by molar-refractivity contribution is -0.142. The van der Waals surface area contributed by atoms with Crippen LogP contribution in [0.25, 0.3) is 16.3 Å². The van der Waals surface area contributed by atoms with Crippen LogP contribution < -0.4 is 21.3 Å². The van der Waals surface area contributed by atoms with Gasteiger partial charge in [0.1, 0.15) is 0 Å². The number of unbranched alkanes of at least 4 members (excludes halogenated alkanes) is 1. The molecule has 0 saturated carbocycles. The van der Waals surface area contributed by atoms with Crippen LogP contribution >= 0.6 is 0 Å². The maximum Gasteiger partial charge on any atom is 0.462 e. The summed E-state index contributed by atoms with van der Waals surface area (Å²) in [5.41, 5.74) is 8.20. The Hall–Kier alpha value is -3.72.